The highest BCUT2D eigenvalue weighted by atomic mass is 16.4. The van der Waals surface area contributed by atoms with Crippen LogP contribution in [0.15, 0.2) is 6.20 Å². The van der Waals surface area contributed by atoms with Gasteiger partial charge in [0.2, 0.25) is 0 Å². The first-order valence-electron chi connectivity index (χ1n) is 9.12. The van der Waals surface area contributed by atoms with Crippen LogP contribution in [0.2, 0.25) is 0 Å². The molecule has 2 N–H and O–H groups in total. The van der Waals surface area contributed by atoms with Crippen molar-refractivity contribution >= 4 is 11.9 Å². The van der Waals surface area contributed by atoms with Crippen molar-refractivity contribution in [2.24, 2.45) is 5.92 Å². The van der Waals surface area contributed by atoms with Gasteiger partial charge in [0.25, 0.3) is 5.91 Å². The van der Waals surface area contributed by atoms with E-state index in [0.717, 1.165) is 37.8 Å². The molecular formula is C18H27N3O3. The predicted molar refractivity (Wildman–Crippen MR) is 90.1 cm³/mol. The van der Waals surface area contributed by atoms with E-state index in [1.54, 1.807) is 6.20 Å². The maximum Gasteiger partial charge on any atom is 0.306 e. The Morgan fingerprint density at radius 2 is 1.96 bits per heavy atom. The van der Waals surface area contributed by atoms with Gasteiger partial charge < -0.3 is 10.4 Å². The number of hydrogen-bond acceptors (Lipinski definition) is 3. The second-order valence-electron chi connectivity index (χ2n) is 7.28. The third kappa shape index (κ3) is 3.47. The van der Waals surface area contributed by atoms with E-state index in [4.69, 9.17) is 5.11 Å². The van der Waals surface area contributed by atoms with Crippen LogP contribution < -0.4 is 5.32 Å². The Morgan fingerprint density at radius 1 is 1.29 bits per heavy atom. The lowest BCUT2D eigenvalue weighted by Gasteiger charge is -2.26. The molecule has 1 unspecified atom stereocenters. The van der Waals surface area contributed by atoms with Crippen LogP contribution in [0.4, 0.5) is 0 Å². The van der Waals surface area contributed by atoms with Gasteiger partial charge in [-0.3, -0.25) is 14.3 Å². The number of amides is 1. The summed E-state index contributed by atoms with van der Waals surface area (Å²) in [5, 5.41) is 16.6. The average Bonchev–Trinajstić information content (AvgIpc) is 3.32. The first-order chi connectivity index (χ1) is 11.5. The van der Waals surface area contributed by atoms with Gasteiger partial charge in [-0.25, -0.2) is 0 Å². The van der Waals surface area contributed by atoms with Crippen molar-refractivity contribution in [1.29, 1.82) is 0 Å². The minimum Gasteiger partial charge on any atom is -0.481 e. The van der Waals surface area contributed by atoms with Crippen molar-refractivity contribution in [3.05, 3.63) is 17.5 Å². The third-order valence-corrected chi connectivity index (χ3v) is 5.46. The van der Waals surface area contributed by atoms with Crippen LogP contribution in [0.1, 0.15) is 86.8 Å². The maximum absolute atomic E-state index is 12.7. The zero-order chi connectivity index (χ0) is 17.3. The molecule has 1 aromatic heterocycles. The molecule has 0 aromatic carbocycles. The van der Waals surface area contributed by atoms with Crippen molar-refractivity contribution in [3.8, 4) is 0 Å². The Kier molecular flexibility index (Phi) is 4.92. The summed E-state index contributed by atoms with van der Waals surface area (Å²) in [4.78, 5) is 23.8. The molecule has 0 aliphatic heterocycles. The number of nitrogens with zero attached hydrogens (tertiary/aromatic N) is 2. The predicted octanol–water partition coefficient (Wildman–Crippen LogP) is 3.10. The van der Waals surface area contributed by atoms with Crippen molar-refractivity contribution in [1.82, 2.24) is 15.1 Å². The summed E-state index contributed by atoms with van der Waals surface area (Å²) in [7, 11) is 0. The SMILES string of the molecule is CCC(C)n1ncc(C(=O)NC2CCC(C(=O)O)CC2)c1C1CC1. The molecule has 1 heterocycles. The van der Waals surface area contributed by atoms with E-state index in [1.807, 2.05) is 4.68 Å². The Hall–Kier alpha value is -1.85. The zero-order valence-electron chi connectivity index (χ0n) is 14.5. The van der Waals surface area contributed by atoms with E-state index in [2.05, 4.69) is 24.3 Å². The highest BCUT2D eigenvalue weighted by Crippen LogP contribution is 2.42. The summed E-state index contributed by atoms with van der Waals surface area (Å²) in [5.74, 6) is -0.561. The fourth-order valence-electron chi connectivity index (χ4n) is 3.58. The molecule has 1 aromatic rings. The second kappa shape index (κ2) is 6.95. The first kappa shape index (κ1) is 17.0. The monoisotopic (exact) mass is 333 g/mol. The Balaban J connectivity index is 1.67. The van der Waals surface area contributed by atoms with E-state index < -0.39 is 5.97 Å². The summed E-state index contributed by atoms with van der Waals surface area (Å²) in [6.45, 7) is 4.26. The molecule has 24 heavy (non-hydrogen) atoms. The lowest BCUT2D eigenvalue weighted by molar-refractivity contribution is -0.142. The Labute approximate surface area is 142 Å². The molecule has 0 radical (unpaired) electrons. The van der Waals surface area contributed by atoms with Crippen molar-refractivity contribution < 1.29 is 14.7 Å². The fourth-order valence-corrected chi connectivity index (χ4v) is 3.58. The molecule has 0 bridgehead atoms. The molecule has 1 amide bonds. The number of carbonyl (C=O) groups is 2. The molecule has 2 saturated carbocycles. The van der Waals surface area contributed by atoms with E-state index >= 15 is 0 Å². The number of nitrogens with one attached hydrogen (secondary N) is 1. The summed E-state index contributed by atoms with van der Waals surface area (Å²) in [6, 6.07) is 0.375. The molecule has 6 heteroatoms. The minimum atomic E-state index is -0.717. The Bertz CT molecular complexity index is 613. The standard InChI is InChI=1S/C18H27N3O3/c1-3-11(2)21-16(12-4-5-12)15(10-19-21)17(22)20-14-8-6-13(7-9-14)18(23)24/h10-14H,3-9H2,1-2H3,(H,20,22)(H,23,24). The van der Waals surface area contributed by atoms with Gasteiger partial charge in [0.05, 0.1) is 23.4 Å². The highest BCUT2D eigenvalue weighted by Gasteiger charge is 2.34. The van der Waals surface area contributed by atoms with Crippen molar-refractivity contribution in [2.45, 2.75) is 76.8 Å². The molecule has 1 atom stereocenters. The van der Waals surface area contributed by atoms with Gasteiger partial charge in [-0.05, 0) is 51.9 Å². The van der Waals surface area contributed by atoms with Crippen molar-refractivity contribution in [3.63, 3.8) is 0 Å². The van der Waals surface area contributed by atoms with Crippen LogP contribution in [0.5, 0.6) is 0 Å². The van der Waals surface area contributed by atoms with E-state index in [1.165, 1.54) is 0 Å². The van der Waals surface area contributed by atoms with E-state index in [0.29, 0.717) is 30.4 Å². The minimum absolute atomic E-state index is 0.0507. The Morgan fingerprint density at radius 3 is 2.50 bits per heavy atom. The first-order valence-corrected chi connectivity index (χ1v) is 9.12. The number of carboxylic acids is 1. The van der Waals surface area contributed by atoms with Gasteiger partial charge in [-0.1, -0.05) is 6.92 Å². The summed E-state index contributed by atoms with van der Waals surface area (Å²) in [6.07, 6.45) is 7.71. The quantitative estimate of drug-likeness (QED) is 0.838. The smallest absolute Gasteiger partial charge is 0.306 e. The van der Waals surface area contributed by atoms with Gasteiger partial charge in [-0.2, -0.15) is 5.10 Å². The van der Waals surface area contributed by atoms with Crippen molar-refractivity contribution in [2.75, 3.05) is 0 Å². The third-order valence-electron chi connectivity index (χ3n) is 5.46. The van der Waals surface area contributed by atoms with Crippen LogP contribution in [-0.2, 0) is 4.79 Å². The molecule has 0 saturated heterocycles. The van der Waals surface area contributed by atoms with Crippen LogP contribution in [0.25, 0.3) is 0 Å². The molecule has 2 aliphatic rings. The van der Waals surface area contributed by atoms with Crippen LogP contribution in [0, 0.1) is 5.92 Å². The number of aliphatic carboxylic acids is 1. The molecule has 132 valence electrons. The summed E-state index contributed by atoms with van der Waals surface area (Å²) in [5.41, 5.74) is 1.79. The van der Waals surface area contributed by atoms with Crippen LogP contribution >= 0.6 is 0 Å². The summed E-state index contributed by atoms with van der Waals surface area (Å²) < 4.78 is 2.02. The zero-order valence-corrected chi connectivity index (χ0v) is 14.5. The topological polar surface area (TPSA) is 84.2 Å². The van der Waals surface area contributed by atoms with E-state index in [-0.39, 0.29) is 17.9 Å². The lowest BCUT2D eigenvalue weighted by Crippen LogP contribution is -2.39. The second-order valence-corrected chi connectivity index (χ2v) is 7.28. The number of rotatable bonds is 6. The highest BCUT2D eigenvalue weighted by molar-refractivity contribution is 5.95. The molecule has 6 nitrogen and oxygen atoms in total. The average molecular weight is 333 g/mol. The molecular weight excluding hydrogens is 306 g/mol. The van der Waals surface area contributed by atoms with Crippen LogP contribution in [0.3, 0.4) is 0 Å². The molecule has 2 fully saturated rings. The van der Waals surface area contributed by atoms with Gasteiger partial charge in [0.1, 0.15) is 0 Å². The summed E-state index contributed by atoms with van der Waals surface area (Å²) >= 11 is 0. The number of carboxylic acid groups (broad SMARTS) is 1. The molecule has 2 aliphatic carbocycles. The normalized spacial score (nSPS) is 25.2. The maximum atomic E-state index is 12.7. The van der Waals surface area contributed by atoms with E-state index in [9.17, 15) is 9.59 Å². The number of aromatic nitrogens is 2. The van der Waals surface area contributed by atoms with Gasteiger partial charge in [0, 0.05) is 18.0 Å². The fraction of sp³-hybridized carbons (Fsp3) is 0.722. The number of carbonyl (C=O) groups excluding carboxylic acids is 1. The van der Waals surface area contributed by atoms with Gasteiger partial charge in [-0.15, -0.1) is 0 Å². The lowest BCUT2D eigenvalue weighted by atomic mass is 9.86. The molecule has 0 spiro atoms. The van der Waals surface area contributed by atoms with Gasteiger partial charge >= 0.3 is 5.97 Å². The van der Waals surface area contributed by atoms with Crippen LogP contribution in [-0.4, -0.2) is 32.8 Å². The molecule has 3 rings (SSSR count). The van der Waals surface area contributed by atoms with Gasteiger partial charge in [0.15, 0.2) is 0 Å². The largest absolute Gasteiger partial charge is 0.481 e. The number of hydrogen-bond donors (Lipinski definition) is 2.